The second kappa shape index (κ2) is 7.53. The van der Waals surface area contributed by atoms with Crippen LogP contribution >= 0.6 is 0 Å². The zero-order chi connectivity index (χ0) is 19.6. The number of nitrogens with one attached hydrogen (secondary N) is 1. The fourth-order valence-electron chi connectivity index (χ4n) is 2.93. The van der Waals surface area contributed by atoms with Crippen molar-refractivity contribution in [1.29, 1.82) is 0 Å². The Morgan fingerprint density at radius 3 is 2.67 bits per heavy atom. The van der Waals surface area contributed by atoms with Crippen molar-refractivity contribution in [3.05, 3.63) is 47.8 Å². The summed E-state index contributed by atoms with van der Waals surface area (Å²) in [7, 11) is -1.26. The van der Waals surface area contributed by atoms with Gasteiger partial charge in [-0.15, -0.1) is 0 Å². The number of ether oxygens (including phenoxy) is 2. The zero-order valence-corrected chi connectivity index (χ0v) is 15.7. The summed E-state index contributed by atoms with van der Waals surface area (Å²) in [6.45, 7) is 0.456. The predicted octanol–water partition coefficient (Wildman–Crippen LogP) is 2.17. The molecule has 0 aromatic heterocycles. The van der Waals surface area contributed by atoms with Crippen LogP contribution in [0.15, 0.2) is 41.3 Å². The van der Waals surface area contributed by atoms with E-state index in [9.17, 15) is 17.6 Å². The average molecular weight is 394 g/mol. The van der Waals surface area contributed by atoms with Crippen LogP contribution in [0.25, 0.3) is 0 Å². The van der Waals surface area contributed by atoms with Crippen LogP contribution in [0.3, 0.4) is 0 Å². The van der Waals surface area contributed by atoms with E-state index >= 15 is 0 Å². The summed E-state index contributed by atoms with van der Waals surface area (Å²) < 4.78 is 51.0. The van der Waals surface area contributed by atoms with E-state index in [0.29, 0.717) is 18.7 Å². The van der Waals surface area contributed by atoms with E-state index in [1.165, 1.54) is 26.4 Å². The van der Waals surface area contributed by atoms with Crippen molar-refractivity contribution in [2.24, 2.45) is 0 Å². The van der Waals surface area contributed by atoms with Crippen LogP contribution in [-0.2, 0) is 26.0 Å². The lowest BCUT2D eigenvalue weighted by atomic mass is 10.1. The monoisotopic (exact) mass is 394 g/mol. The third kappa shape index (κ3) is 3.88. The zero-order valence-electron chi connectivity index (χ0n) is 14.9. The SMILES string of the molecule is COCC(=O)N1CCc2ccc(NS(=O)(=O)c3ccc(OC)c(F)c3)cc21. The molecular weight excluding hydrogens is 375 g/mol. The lowest BCUT2D eigenvalue weighted by Gasteiger charge is -2.18. The number of carbonyl (C=O) groups is 1. The number of hydrogen-bond donors (Lipinski definition) is 1. The summed E-state index contributed by atoms with van der Waals surface area (Å²) in [5, 5.41) is 0. The molecule has 2 aromatic carbocycles. The molecule has 0 atom stereocenters. The molecule has 0 aliphatic carbocycles. The smallest absolute Gasteiger partial charge is 0.262 e. The number of benzene rings is 2. The van der Waals surface area contributed by atoms with Crippen LogP contribution in [0.2, 0.25) is 0 Å². The molecule has 1 aliphatic rings. The lowest BCUT2D eigenvalue weighted by Crippen LogP contribution is -2.32. The number of nitrogens with zero attached hydrogens (tertiary/aromatic N) is 1. The molecule has 1 N–H and O–H groups in total. The molecule has 0 bridgehead atoms. The van der Waals surface area contributed by atoms with Gasteiger partial charge < -0.3 is 14.4 Å². The molecule has 0 unspecified atom stereocenters. The van der Waals surface area contributed by atoms with Crippen molar-refractivity contribution in [3.63, 3.8) is 0 Å². The summed E-state index contributed by atoms with van der Waals surface area (Å²) in [4.78, 5) is 13.5. The number of anilines is 2. The number of carbonyl (C=O) groups excluding carboxylic acids is 1. The largest absolute Gasteiger partial charge is 0.494 e. The van der Waals surface area contributed by atoms with Gasteiger partial charge in [0.25, 0.3) is 15.9 Å². The number of methoxy groups -OCH3 is 2. The van der Waals surface area contributed by atoms with Gasteiger partial charge in [0.2, 0.25) is 0 Å². The number of amides is 1. The van der Waals surface area contributed by atoms with Crippen LogP contribution in [0.4, 0.5) is 15.8 Å². The van der Waals surface area contributed by atoms with E-state index < -0.39 is 15.8 Å². The van der Waals surface area contributed by atoms with Crippen molar-refractivity contribution in [1.82, 2.24) is 0 Å². The Morgan fingerprint density at radius 1 is 1.22 bits per heavy atom. The molecule has 144 valence electrons. The van der Waals surface area contributed by atoms with Gasteiger partial charge in [-0.05, 0) is 42.3 Å². The van der Waals surface area contributed by atoms with Crippen LogP contribution in [0, 0.1) is 5.82 Å². The molecule has 7 nitrogen and oxygen atoms in total. The highest BCUT2D eigenvalue weighted by molar-refractivity contribution is 7.92. The molecule has 1 aliphatic heterocycles. The highest BCUT2D eigenvalue weighted by atomic mass is 32.2. The summed E-state index contributed by atoms with van der Waals surface area (Å²) in [5.74, 6) is -1.02. The van der Waals surface area contributed by atoms with Gasteiger partial charge in [0.15, 0.2) is 11.6 Å². The number of halogens is 1. The third-order valence-corrected chi connectivity index (χ3v) is 5.61. The molecule has 1 heterocycles. The molecule has 0 spiro atoms. The fourth-order valence-corrected chi connectivity index (χ4v) is 3.99. The number of sulfonamides is 1. The van der Waals surface area contributed by atoms with Crippen LogP contribution in [0.1, 0.15) is 5.56 Å². The molecule has 0 saturated heterocycles. The van der Waals surface area contributed by atoms with E-state index in [-0.39, 0.29) is 28.8 Å². The Balaban J connectivity index is 1.87. The Morgan fingerprint density at radius 2 is 2.00 bits per heavy atom. The van der Waals surface area contributed by atoms with Gasteiger partial charge in [-0.3, -0.25) is 9.52 Å². The Kier molecular flexibility index (Phi) is 5.33. The topological polar surface area (TPSA) is 84.9 Å². The molecule has 3 rings (SSSR count). The third-order valence-electron chi connectivity index (χ3n) is 4.24. The first-order valence-electron chi connectivity index (χ1n) is 8.14. The predicted molar refractivity (Wildman–Crippen MR) is 98.1 cm³/mol. The van der Waals surface area contributed by atoms with Gasteiger partial charge in [-0.25, -0.2) is 12.8 Å². The number of fused-ring (bicyclic) bond motifs is 1. The molecule has 0 fully saturated rings. The molecule has 27 heavy (non-hydrogen) atoms. The lowest BCUT2D eigenvalue weighted by molar-refractivity contribution is -0.122. The van der Waals surface area contributed by atoms with Gasteiger partial charge >= 0.3 is 0 Å². The van der Waals surface area contributed by atoms with Gasteiger partial charge in [0, 0.05) is 19.3 Å². The molecule has 1 amide bonds. The van der Waals surface area contributed by atoms with Crippen molar-refractivity contribution >= 4 is 27.3 Å². The second-order valence-electron chi connectivity index (χ2n) is 5.97. The summed E-state index contributed by atoms with van der Waals surface area (Å²) in [6, 6.07) is 8.36. The van der Waals surface area contributed by atoms with Crippen molar-refractivity contribution in [2.75, 3.05) is 37.0 Å². The number of rotatable bonds is 6. The van der Waals surface area contributed by atoms with Crippen molar-refractivity contribution in [2.45, 2.75) is 11.3 Å². The highest BCUT2D eigenvalue weighted by Gasteiger charge is 2.25. The molecular formula is C18H19FN2O5S. The maximum atomic E-state index is 13.8. The minimum atomic E-state index is -4.00. The molecule has 2 aromatic rings. The van der Waals surface area contributed by atoms with Gasteiger partial charge in [-0.2, -0.15) is 0 Å². The van der Waals surface area contributed by atoms with E-state index in [1.807, 2.05) is 0 Å². The molecule has 0 saturated carbocycles. The standard InChI is InChI=1S/C18H19FN2O5S/c1-25-11-18(22)21-8-7-12-3-4-13(9-16(12)21)20-27(23,24)14-5-6-17(26-2)15(19)10-14/h3-6,9-10,20H,7-8,11H2,1-2H3. The van der Waals surface area contributed by atoms with E-state index in [4.69, 9.17) is 9.47 Å². The maximum Gasteiger partial charge on any atom is 0.262 e. The van der Waals surface area contributed by atoms with E-state index in [0.717, 1.165) is 11.6 Å². The highest BCUT2D eigenvalue weighted by Crippen LogP contribution is 2.32. The average Bonchev–Trinajstić information content (AvgIpc) is 3.04. The van der Waals surface area contributed by atoms with Crippen LogP contribution < -0.4 is 14.4 Å². The maximum absolute atomic E-state index is 13.8. The van der Waals surface area contributed by atoms with Crippen LogP contribution in [0.5, 0.6) is 5.75 Å². The first kappa shape index (κ1) is 19.1. The minimum absolute atomic E-state index is 0.0428. The Bertz CT molecular complexity index is 978. The quantitative estimate of drug-likeness (QED) is 0.812. The van der Waals surface area contributed by atoms with E-state index in [1.54, 1.807) is 23.1 Å². The first-order valence-corrected chi connectivity index (χ1v) is 9.62. The van der Waals surface area contributed by atoms with Gasteiger partial charge in [0.05, 0.1) is 17.7 Å². The minimum Gasteiger partial charge on any atom is -0.494 e. The fraction of sp³-hybridized carbons (Fsp3) is 0.278. The van der Waals surface area contributed by atoms with Crippen molar-refractivity contribution in [3.8, 4) is 5.75 Å². The van der Waals surface area contributed by atoms with Gasteiger partial charge in [-0.1, -0.05) is 6.07 Å². The summed E-state index contributed by atoms with van der Waals surface area (Å²) in [5.41, 5.74) is 1.86. The summed E-state index contributed by atoms with van der Waals surface area (Å²) >= 11 is 0. The van der Waals surface area contributed by atoms with Crippen molar-refractivity contribution < 1.29 is 27.1 Å². The molecule has 9 heteroatoms. The normalized spacial score (nSPS) is 13.4. The van der Waals surface area contributed by atoms with Crippen LogP contribution in [-0.4, -0.2) is 41.7 Å². The first-order chi connectivity index (χ1) is 12.9. The van der Waals surface area contributed by atoms with Gasteiger partial charge in [0.1, 0.15) is 6.61 Å². The number of hydrogen-bond acceptors (Lipinski definition) is 5. The second-order valence-corrected chi connectivity index (χ2v) is 7.66. The summed E-state index contributed by atoms with van der Waals surface area (Å²) in [6.07, 6.45) is 0.682. The molecule has 0 radical (unpaired) electrons. The van der Waals surface area contributed by atoms with E-state index in [2.05, 4.69) is 4.72 Å². The Labute approximate surface area is 156 Å². The Hall–Kier alpha value is -2.65.